The molecule has 1 saturated carbocycles. The number of aliphatic hydroxyl groups is 1. The number of likely N-dealkylation sites (N-methyl/N-ethyl adjacent to an activating group) is 1. The predicted molar refractivity (Wildman–Crippen MR) is 73.4 cm³/mol. The van der Waals surface area contributed by atoms with E-state index in [1.807, 2.05) is 12.1 Å². The van der Waals surface area contributed by atoms with E-state index in [0.29, 0.717) is 11.3 Å². The fraction of sp³-hybridized carbons (Fsp3) is 0.533. The van der Waals surface area contributed by atoms with E-state index in [9.17, 15) is 9.90 Å². The summed E-state index contributed by atoms with van der Waals surface area (Å²) in [4.78, 5) is 14.2. The first-order valence-electron chi connectivity index (χ1n) is 6.73. The number of hydrogen-bond donors (Lipinski definition) is 1. The molecule has 1 amide bonds. The molecule has 0 aliphatic heterocycles. The van der Waals surface area contributed by atoms with Gasteiger partial charge >= 0.3 is 0 Å². The van der Waals surface area contributed by atoms with Crippen molar-refractivity contribution in [2.24, 2.45) is 0 Å². The summed E-state index contributed by atoms with van der Waals surface area (Å²) < 4.78 is 5.22. The van der Waals surface area contributed by atoms with Crippen molar-refractivity contribution in [3.05, 3.63) is 29.8 Å². The number of benzene rings is 1. The van der Waals surface area contributed by atoms with Crippen molar-refractivity contribution >= 4 is 5.91 Å². The topological polar surface area (TPSA) is 49.8 Å². The van der Waals surface area contributed by atoms with Gasteiger partial charge in [0.25, 0.3) is 5.91 Å². The molecule has 104 valence electrons. The lowest BCUT2D eigenvalue weighted by molar-refractivity contribution is 0.0266. The lowest BCUT2D eigenvalue weighted by Gasteiger charge is -2.35. The third kappa shape index (κ3) is 2.89. The molecule has 2 unspecified atom stereocenters. The van der Waals surface area contributed by atoms with Gasteiger partial charge in [0.05, 0.1) is 24.8 Å². The fourth-order valence-electron chi connectivity index (χ4n) is 2.71. The lowest BCUT2D eigenvalue weighted by Crippen LogP contribution is -2.46. The smallest absolute Gasteiger partial charge is 0.257 e. The second-order valence-corrected chi connectivity index (χ2v) is 5.04. The molecule has 19 heavy (non-hydrogen) atoms. The highest BCUT2D eigenvalue weighted by Gasteiger charge is 2.30. The van der Waals surface area contributed by atoms with Crippen molar-refractivity contribution in [1.29, 1.82) is 0 Å². The van der Waals surface area contributed by atoms with E-state index in [2.05, 4.69) is 0 Å². The molecule has 0 bridgehead atoms. The Morgan fingerprint density at radius 3 is 2.68 bits per heavy atom. The minimum absolute atomic E-state index is 0.0915. The van der Waals surface area contributed by atoms with Gasteiger partial charge in [0.1, 0.15) is 5.75 Å². The highest BCUT2D eigenvalue weighted by molar-refractivity contribution is 5.97. The van der Waals surface area contributed by atoms with Crippen molar-refractivity contribution in [3.63, 3.8) is 0 Å². The summed E-state index contributed by atoms with van der Waals surface area (Å²) >= 11 is 0. The monoisotopic (exact) mass is 263 g/mol. The quantitative estimate of drug-likeness (QED) is 0.908. The van der Waals surface area contributed by atoms with Crippen molar-refractivity contribution in [1.82, 2.24) is 4.90 Å². The van der Waals surface area contributed by atoms with E-state index in [1.54, 1.807) is 31.2 Å². The van der Waals surface area contributed by atoms with Crippen LogP contribution in [-0.4, -0.2) is 42.2 Å². The van der Waals surface area contributed by atoms with Gasteiger partial charge in [-0.25, -0.2) is 0 Å². The minimum atomic E-state index is -0.419. The number of rotatable bonds is 3. The Hall–Kier alpha value is -1.55. The molecule has 1 aromatic rings. The molecule has 0 spiro atoms. The summed E-state index contributed by atoms with van der Waals surface area (Å²) in [6, 6.07) is 7.10. The van der Waals surface area contributed by atoms with Crippen LogP contribution in [0.5, 0.6) is 5.75 Å². The maximum atomic E-state index is 12.5. The van der Waals surface area contributed by atoms with Gasteiger partial charge in [-0.05, 0) is 25.0 Å². The van der Waals surface area contributed by atoms with Crippen molar-refractivity contribution in [2.45, 2.75) is 37.8 Å². The van der Waals surface area contributed by atoms with Crippen LogP contribution in [-0.2, 0) is 0 Å². The zero-order valence-corrected chi connectivity index (χ0v) is 11.5. The first-order chi connectivity index (χ1) is 9.15. The van der Waals surface area contributed by atoms with Crippen LogP contribution < -0.4 is 4.74 Å². The first kappa shape index (κ1) is 13.9. The fourth-order valence-corrected chi connectivity index (χ4v) is 2.71. The molecule has 1 aliphatic carbocycles. The van der Waals surface area contributed by atoms with Crippen molar-refractivity contribution < 1.29 is 14.6 Å². The zero-order valence-electron chi connectivity index (χ0n) is 11.5. The largest absolute Gasteiger partial charge is 0.496 e. The van der Waals surface area contributed by atoms with Crippen LogP contribution in [0.4, 0.5) is 0 Å². The summed E-state index contributed by atoms with van der Waals surface area (Å²) in [5.74, 6) is 0.480. The van der Waals surface area contributed by atoms with Crippen LogP contribution in [0, 0.1) is 0 Å². The minimum Gasteiger partial charge on any atom is -0.496 e. The maximum absolute atomic E-state index is 12.5. The molecule has 4 heteroatoms. The van der Waals surface area contributed by atoms with Gasteiger partial charge in [-0.2, -0.15) is 0 Å². The van der Waals surface area contributed by atoms with E-state index in [4.69, 9.17) is 4.74 Å². The molecular weight excluding hydrogens is 242 g/mol. The third-order valence-corrected chi connectivity index (χ3v) is 3.85. The maximum Gasteiger partial charge on any atom is 0.257 e. The van der Waals surface area contributed by atoms with Crippen LogP contribution in [0.15, 0.2) is 24.3 Å². The van der Waals surface area contributed by atoms with Crippen LogP contribution in [0.3, 0.4) is 0 Å². The van der Waals surface area contributed by atoms with E-state index >= 15 is 0 Å². The Morgan fingerprint density at radius 1 is 1.32 bits per heavy atom. The van der Waals surface area contributed by atoms with Crippen LogP contribution in [0.2, 0.25) is 0 Å². The summed E-state index contributed by atoms with van der Waals surface area (Å²) in [5, 5.41) is 10.0. The number of nitrogens with zero attached hydrogens (tertiary/aromatic N) is 1. The highest BCUT2D eigenvalue weighted by Crippen LogP contribution is 2.25. The van der Waals surface area contributed by atoms with E-state index < -0.39 is 6.10 Å². The molecule has 2 atom stereocenters. The van der Waals surface area contributed by atoms with Gasteiger partial charge in [0.2, 0.25) is 0 Å². The molecule has 0 saturated heterocycles. The molecule has 0 radical (unpaired) electrons. The Bertz CT molecular complexity index is 447. The molecule has 0 heterocycles. The van der Waals surface area contributed by atoms with Crippen LogP contribution in [0.1, 0.15) is 36.0 Å². The summed E-state index contributed by atoms with van der Waals surface area (Å²) in [7, 11) is 3.32. The highest BCUT2D eigenvalue weighted by atomic mass is 16.5. The Kier molecular flexibility index (Phi) is 4.43. The number of carbonyl (C=O) groups is 1. The normalized spacial score (nSPS) is 22.9. The Balaban J connectivity index is 2.18. The number of carbonyl (C=O) groups excluding carboxylic acids is 1. The van der Waals surface area contributed by atoms with Crippen molar-refractivity contribution in [2.75, 3.05) is 14.2 Å². The van der Waals surface area contributed by atoms with Gasteiger partial charge in [0.15, 0.2) is 0 Å². The van der Waals surface area contributed by atoms with Gasteiger partial charge in [-0.15, -0.1) is 0 Å². The van der Waals surface area contributed by atoms with Crippen LogP contribution >= 0.6 is 0 Å². The number of ether oxygens (including phenoxy) is 1. The number of para-hydroxylation sites is 1. The average Bonchev–Trinajstić information content (AvgIpc) is 2.46. The van der Waals surface area contributed by atoms with Gasteiger partial charge < -0.3 is 14.7 Å². The van der Waals surface area contributed by atoms with Gasteiger partial charge in [-0.3, -0.25) is 4.79 Å². The zero-order chi connectivity index (χ0) is 13.8. The Labute approximate surface area is 114 Å². The number of amides is 1. The number of methoxy groups -OCH3 is 1. The average molecular weight is 263 g/mol. The van der Waals surface area contributed by atoms with Gasteiger partial charge in [0, 0.05) is 7.05 Å². The van der Waals surface area contributed by atoms with Crippen LogP contribution in [0.25, 0.3) is 0 Å². The number of aliphatic hydroxyl groups excluding tert-OH is 1. The summed E-state index contributed by atoms with van der Waals surface area (Å²) in [6.45, 7) is 0. The summed E-state index contributed by atoms with van der Waals surface area (Å²) in [5.41, 5.74) is 0.547. The SMILES string of the molecule is COc1ccccc1C(=O)N(C)C1CCCCC1O. The first-order valence-corrected chi connectivity index (χ1v) is 6.73. The van der Waals surface area contributed by atoms with E-state index in [-0.39, 0.29) is 11.9 Å². The molecule has 1 N–H and O–H groups in total. The predicted octanol–water partition coefficient (Wildman–Crippen LogP) is 2.07. The van der Waals surface area contributed by atoms with Crippen molar-refractivity contribution in [3.8, 4) is 5.75 Å². The number of hydrogen-bond acceptors (Lipinski definition) is 3. The second kappa shape index (κ2) is 6.06. The molecule has 0 aromatic heterocycles. The molecule has 1 aromatic carbocycles. The molecule has 1 fully saturated rings. The third-order valence-electron chi connectivity index (χ3n) is 3.85. The standard InChI is InChI=1S/C15H21NO3/c1-16(12-8-4-5-9-13(12)17)15(18)11-7-3-6-10-14(11)19-2/h3,6-7,10,12-13,17H,4-5,8-9H2,1-2H3. The molecule has 4 nitrogen and oxygen atoms in total. The Morgan fingerprint density at radius 2 is 2.00 bits per heavy atom. The molecule has 1 aliphatic rings. The van der Waals surface area contributed by atoms with E-state index in [0.717, 1.165) is 25.7 Å². The van der Waals surface area contributed by atoms with Gasteiger partial charge in [-0.1, -0.05) is 25.0 Å². The molecule has 2 rings (SSSR count). The lowest BCUT2D eigenvalue weighted by atomic mass is 9.91. The molecular formula is C15H21NO3. The second-order valence-electron chi connectivity index (χ2n) is 5.04. The summed E-state index contributed by atoms with van der Waals surface area (Å²) in [6.07, 6.45) is 3.31. The van der Waals surface area contributed by atoms with E-state index in [1.165, 1.54) is 0 Å².